The summed E-state index contributed by atoms with van der Waals surface area (Å²) in [6, 6.07) is 0.0337. The minimum Gasteiger partial charge on any atom is -0.450 e. The lowest BCUT2D eigenvalue weighted by Crippen LogP contribution is -2.50. The van der Waals surface area contributed by atoms with Gasteiger partial charge in [-0.3, -0.25) is 0 Å². The topological polar surface area (TPSA) is 76.7 Å². The van der Waals surface area contributed by atoms with Crippen LogP contribution in [0.1, 0.15) is 143 Å². The third kappa shape index (κ3) is 19.2. The van der Waals surface area contributed by atoms with Gasteiger partial charge in [-0.05, 0) is 68.6 Å². The number of hydrogen-bond donors (Lipinski definition) is 2. The normalized spacial score (nSPS) is 19.9. The molecule has 1 fully saturated rings. The monoisotopic (exact) mass is 562 g/mol. The van der Waals surface area contributed by atoms with E-state index in [9.17, 15) is 9.59 Å². The molecule has 0 aromatic carbocycles. The van der Waals surface area contributed by atoms with Crippen LogP contribution in [0.5, 0.6) is 0 Å². The van der Waals surface area contributed by atoms with Gasteiger partial charge in [-0.25, -0.2) is 9.59 Å². The van der Waals surface area contributed by atoms with Crippen molar-refractivity contribution < 1.29 is 19.1 Å². The Bertz CT molecular complexity index is 708. The molecule has 2 amide bonds. The molecule has 0 aromatic rings. The van der Waals surface area contributed by atoms with Crippen LogP contribution in [0, 0.1) is 10.8 Å². The zero-order valence-corrected chi connectivity index (χ0v) is 26.3. The molecule has 2 unspecified atom stereocenters. The molecule has 0 aromatic heterocycles. The van der Waals surface area contributed by atoms with Crippen molar-refractivity contribution in [3.63, 3.8) is 0 Å². The fraction of sp³-hybridized carbons (Fsp3) is 0.824. The average molecular weight is 563 g/mol. The molecule has 2 atom stereocenters. The molecular formula is C34H62N2O4. The summed E-state index contributed by atoms with van der Waals surface area (Å²) in [4.78, 5) is 24.8. The summed E-state index contributed by atoms with van der Waals surface area (Å²) in [5.41, 5.74) is -0.0517. The van der Waals surface area contributed by atoms with Gasteiger partial charge in [-0.2, -0.15) is 0 Å². The minimum absolute atomic E-state index is 0.0337. The molecule has 0 heterocycles. The maximum Gasteiger partial charge on any atom is 0.407 e. The zero-order chi connectivity index (χ0) is 29.5. The maximum atomic E-state index is 12.5. The first-order valence-corrected chi connectivity index (χ1v) is 16.3. The van der Waals surface area contributed by atoms with Gasteiger partial charge in [0.05, 0.1) is 13.2 Å². The highest BCUT2D eigenvalue weighted by atomic mass is 16.6. The Labute approximate surface area is 246 Å². The van der Waals surface area contributed by atoms with Crippen LogP contribution in [0.25, 0.3) is 0 Å². The smallest absolute Gasteiger partial charge is 0.407 e. The SMILES string of the molecule is C=CCCCCCCCCCOC(=O)NCC1(C)CC(NC(=O)OCCCCCCCCCC=C)CC(C)(C)C1. The highest BCUT2D eigenvalue weighted by Crippen LogP contribution is 2.45. The number of nitrogens with one attached hydrogen (secondary N) is 2. The summed E-state index contributed by atoms with van der Waals surface area (Å²) in [5.74, 6) is 0. The lowest BCUT2D eigenvalue weighted by atomic mass is 9.62. The Balaban J connectivity index is 2.21. The standard InChI is InChI=1S/C34H62N2O4/c1-6-8-10-12-14-16-18-20-22-24-39-31(37)35-29-34(5)27-30(26-33(3,4)28-34)36-32(38)40-25-23-21-19-17-15-13-11-9-7-2/h6-7,30H,1-2,8-29H2,3-5H3,(H,35,37)(H,36,38). The zero-order valence-electron chi connectivity index (χ0n) is 26.3. The predicted molar refractivity (Wildman–Crippen MR) is 168 cm³/mol. The van der Waals surface area contributed by atoms with E-state index in [1.165, 1.54) is 64.2 Å². The van der Waals surface area contributed by atoms with Crippen LogP contribution < -0.4 is 10.6 Å². The summed E-state index contributed by atoms with van der Waals surface area (Å²) in [6.07, 6.45) is 24.7. The van der Waals surface area contributed by atoms with Crippen LogP contribution in [-0.4, -0.2) is 38.0 Å². The quantitative estimate of drug-likeness (QED) is 0.0960. The molecule has 0 radical (unpaired) electrons. The Morgan fingerprint density at radius 1 is 0.700 bits per heavy atom. The average Bonchev–Trinajstić information content (AvgIpc) is 2.88. The van der Waals surface area contributed by atoms with Gasteiger partial charge in [0.1, 0.15) is 0 Å². The highest BCUT2D eigenvalue weighted by molar-refractivity contribution is 5.68. The second-order valence-corrected chi connectivity index (χ2v) is 13.1. The predicted octanol–water partition coefficient (Wildman–Crippen LogP) is 9.64. The van der Waals surface area contributed by atoms with Crippen LogP contribution in [0.15, 0.2) is 25.3 Å². The molecule has 1 rings (SSSR count). The van der Waals surface area contributed by atoms with Crippen molar-refractivity contribution in [2.75, 3.05) is 19.8 Å². The number of alkyl carbamates (subject to hydrolysis) is 2. The van der Waals surface area contributed by atoms with Gasteiger partial charge >= 0.3 is 12.2 Å². The summed E-state index contributed by atoms with van der Waals surface area (Å²) in [6.45, 7) is 15.7. The first kappa shape index (κ1) is 36.0. The van der Waals surface area contributed by atoms with Crippen molar-refractivity contribution in [2.45, 2.75) is 149 Å². The van der Waals surface area contributed by atoms with Gasteiger partial charge in [0.2, 0.25) is 0 Å². The van der Waals surface area contributed by atoms with E-state index in [1.807, 2.05) is 12.2 Å². The second kappa shape index (κ2) is 21.7. The molecule has 1 aliphatic rings. The van der Waals surface area contributed by atoms with E-state index in [-0.39, 0.29) is 29.1 Å². The number of ether oxygens (including phenoxy) is 2. The van der Waals surface area contributed by atoms with Crippen molar-refractivity contribution in [1.82, 2.24) is 10.6 Å². The van der Waals surface area contributed by atoms with E-state index in [1.54, 1.807) is 0 Å². The summed E-state index contributed by atoms with van der Waals surface area (Å²) >= 11 is 0. The van der Waals surface area contributed by atoms with Crippen LogP contribution in [0.2, 0.25) is 0 Å². The molecule has 0 spiro atoms. The Morgan fingerprint density at radius 3 is 1.65 bits per heavy atom. The number of rotatable bonds is 23. The largest absolute Gasteiger partial charge is 0.450 e. The molecule has 1 aliphatic carbocycles. The van der Waals surface area contributed by atoms with Crippen molar-refractivity contribution in [3.8, 4) is 0 Å². The Kier molecular flexibility index (Phi) is 19.6. The van der Waals surface area contributed by atoms with Crippen LogP contribution >= 0.6 is 0 Å². The second-order valence-electron chi connectivity index (χ2n) is 13.1. The Hall–Kier alpha value is -1.98. The highest BCUT2D eigenvalue weighted by Gasteiger charge is 2.42. The number of amides is 2. The van der Waals surface area contributed by atoms with E-state index in [4.69, 9.17) is 9.47 Å². The molecule has 232 valence electrons. The van der Waals surface area contributed by atoms with Gasteiger partial charge < -0.3 is 20.1 Å². The number of allylic oxidation sites excluding steroid dienone is 2. The first-order chi connectivity index (χ1) is 19.2. The molecule has 2 N–H and O–H groups in total. The number of hydrogen-bond acceptors (Lipinski definition) is 4. The third-order valence-electron chi connectivity index (χ3n) is 8.00. The molecule has 0 aliphatic heterocycles. The molecule has 1 saturated carbocycles. The van der Waals surface area contributed by atoms with Crippen LogP contribution in [0.3, 0.4) is 0 Å². The van der Waals surface area contributed by atoms with Crippen molar-refractivity contribution in [3.05, 3.63) is 25.3 Å². The van der Waals surface area contributed by atoms with Crippen molar-refractivity contribution in [1.29, 1.82) is 0 Å². The lowest BCUT2D eigenvalue weighted by Gasteiger charge is -2.46. The summed E-state index contributed by atoms with van der Waals surface area (Å²) in [5, 5.41) is 6.09. The van der Waals surface area contributed by atoms with Crippen molar-refractivity contribution in [2.24, 2.45) is 10.8 Å². The fourth-order valence-electron chi connectivity index (χ4n) is 6.29. The third-order valence-corrected chi connectivity index (χ3v) is 8.00. The van der Waals surface area contributed by atoms with E-state index in [0.29, 0.717) is 19.8 Å². The number of carbonyl (C=O) groups is 2. The minimum atomic E-state index is -0.338. The van der Waals surface area contributed by atoms with Gasteiger partial charge in [-0.1, -0.05) is 97.1 Å². The fourth-order valence-corrected chi connectivity index (χ4v) is 6.29. The van der Waals surface area contributed by atoms with E-state index in [2.05, 4.69) is 44.6 Å². The van der Waals surface area contributed by atoms with E-state index < -0.39 is 0 Å². The molecular weight excluding hydrogens is 500 g/mol. The lowest BCUT2D eigenvalue weighted by molar-refractivity contribution is 0.0621. The van der Waals surface area contributed by atoms with E-state index >= 15 is 0 Å². The van der Waals surface area contributed by atoms with Gasteiger partial charge in [0.25, 0.3) is 0 Å². The van der Waals surface area contributed by atoms with Gasteiger partial charge in [0, 0.05) is 12.6 Å². The maximum absolute atomic E-state index is 12.5. The van der Waals surface area contributed by atoms with Gasteiger partial charge in [0.15, 0.2) is 0 Å². The van der Waals surface area contributed by atoms with Crippen LogP contribution in [0.4, 0.5) is 9.59 Å². The van der Waals surface area contributed by atoms with Crippen molar-refractivity contribution >= 4 is 12.2 Å². The number of carbonyl (C=O) groups excluding carboxylic acids is 2. The molecule has 0 bridgehead atoms. The molecule has 6 heteroatoms. The Morgan fingerprint density at radius 2 is 1.15 bits per heavy atom. The summed E-state index contributed by atoms with van der Waals surface area (Å²) in [7, 11) is 0. The molecule has 40 heavy (non-hydrogen) atoms. The molecule has 6 nitrogen and oxygen atoms in total. The first-order valence-electron chi connectivity index (χ1n) is 16.3. The van der Waals surface area contributed by atoms with E-state index in [0.717, 1.165) is 57.8 Å². The number of unbranched alkanes of at least 4 members (excludes halogenated alkanes) is 14. The van der Waals surface area contributed by atoms with Gasteiger partial charge in [-0.15, -0.1) is 13.2 Å². The van der Waals surface area contributed by atoms with Crippen LogP contribution in [-0.2, 0) is 9.47 Å². The molecule has 0 saturated heterocycles. The summed E-state index contributed by atoms with van der Waals surface area (Å²) < 4.78 is 10.9.